The van der Waals surface area contributed by atoms with Gasteiger partial charge in [0.05, 0.1) is 12.0 Å². The maximum atomic E-state index is 12.2. The molecule has 2 fully saturated rings. The minimum atomic E-state index is -0.841. The molecule has 0 bridgehead atoms. The second-order valence-electron chi connectivity index (χ2n) is 7.22. The number of amides is 1. The fraction of sp³-hybridized carbons (Fsp3) is 0.824. The van der Waals surface area contributed by atoms with Crippen LogP contribution in [0.2, 0.25) is 0 Å². The normalized spacial score (nSPS) is 22.9. The van der Waals surface area contributed by atoms with E-state index < -0.39 is 5.60 Å². The van der Waals surface area contributed by atoms with Crippen molar-refractivity contribution < 1.29 is 14.4 Å². The Hall–Kier alpha value is -1.43. The Kier molecular flexibility index (Phi) is 4.99. The Balaban J connectivity index is 1.53. The fourth-order valence-corrected chi connectivity index (χ4v) is 3.81. The Labute approximate surface area is 137 Å². The first kappa shape index (κ1) is 16.4. The summed E-state index contributed by atoms with van der Waals surface area (Å²) < 4.78 is 5.32. The lowest BCUT2D eigenvalue weighted by atomic mass is 9.82. The number of carbonyl (C=O) groups excluding carboxylic acids is 1. The molecule has 0 saturated heterocycles. The summed E-state index contributed by atoms with van der Waals surface area (Å²) in [5.41, 5.74) is -0.841. The van der Waals surface area contributed by atoms with Gasteiger partial charge in [-0.3, -0.25) is 4.79 Å². The number of aromatic nitrogens is 2. The second kappa shape index (κ2) is 6.99. The molecular weight excluding hydrogens is 294 g/mol. The van der Waals surface area contributed by atoms with Crippen LogP contribution in [0.15, 0.2) is 4.52 Å². The summed E-state index contributed by atoms with van der Waals surface area (Å²) in [5, 5.41) is 17.4. The zero-order valence-electron chi connectivity index (χ0n) is 13.9. The summed E-state index contributed by atoms with van der Waals surface area (Å²) >= 11 is 0. The number of carbonyl (C=O) groups is 1. The maximum absolute atomic E-state index is 12.2. The van der Waals surface area contributed by atoms with Gasteiger partial charge in [0.1, 0.15) is 6.04 Å². The van der Waals surface area contributed by atoms with E-state index in [9.17, 15) is 9.90 Å². The average molecular weight is 321 g/mol. The van der Waals surface area contributed by atoms with Crippen molar-refractivity contribution in [3.8, 4) is 0 Å². The van der Waals surface area contributed by atoms with E-state index in [1.165, 1.54) is 12.8 Å². The van der Waals surface area contributed by atoms with Crippen molar-refractivity contribution in [2.24, 2.45) is 0 Å². The molecule has 1 heterocycles. The van der Waals surface area contributed by atoms with Gasteiger partial charge < -0.3 is 14.9 Å². The van der Waals surface area contributed by atoms with Crippen LogP contribution in [0.5, 0.6) is 0 Å². The molecule has 0 aromatic carbocycles. The zero-order chi connectivity index (χ0) is 16.3. The van der Waals surface area contributed by atoms with E-state index in [0.717, 1.165) is 37.9 Å². The van der Waals surface area contributed by atoms with Gasteiger partial charge in [0, 0.05) is 5.92 Å². The zero-order valence-corrected chi connectivity index (χ0v) is 13.9. The molecule has 6 nitrogen and oxygen atoms in total. The molecule has 0 aliphatic heterocycles. The Morgan fingerprint density at radius 1 is 1.30 bits per heavy atom. The third-order valence-electron chi connectivity index (χ3n) is 5.20. The fourth-order valence-electron chi connectivity index (χ4n) is 3.81. The summed E-state index contributed by atoms with van der Waals surface area (Å²) in [6, 6.07) is -0.322. The molecule has 0 spiro atoms. The van der Waals surface area contributed by atoms with E-state index in [2.05, 4.69) is 15.5 Å². The third kappa shape index (κ3) is 4.10. The number of hydrogen-bond donors (Lipinski definition) is 2. The molecule has 1 atom stereocenters. The highest BCUT2D eigenvalue weighted by Crippen LogP contribution is 2.33. The number of rotatable bonds is 5. The van der Waals surface area contributed by atoms with Gasteiger partial charge in [0.25, 0.3) is 0 Å². The molecule has 1 unspecified atom stereocenters. The SMILES string of the molecule is CC(NC(=O)CC1(O)CCCCC1)c1nc(C2CCCC2)no1. The Morgan fingerprint density at radius 3 is 2.70 bits per heavy atom. The van der Waals surface area contributed by atoms with Gasteiger partial charge in [-0.1, -0.05) is 37.3 Å². The summed E-state index contributed by atoms with van der Waals surface area (Å²) in [7, 11) is 0. The molecule has 6 heteroatoms. The first-order valence-electron chi connectivity index (χ1n) is 8.91. The number of hydrogen-bond acceptors (Lipinski definition) is 5. The topological polar surface area (TPSA) is 88.2 Å². The molecule has 1 aromatic rings. The van der Waals surface area contributed by atoms with E-state index in [4.69, 9.17) is 4.52 Å². The molecule has 128 valence electrons. The molecular formula is C17H27N3O3. The van der Waals surface area contributed by atoms with Crippen LogP contribution in [0, 0.1) is 0 Å². The quantitative estimate of drug-likeness (QED) is 0.870. The van der Waals surface area contributed by atoms with Crippen LogP contribution in [0.3, 0.4) is 0 Å². The van der Waals surface area contributed by atoms with Crippen molar-refractivity contribution in [2.45, 2.75) is 88.7 Å². The van der Waals surface area contributed by atoms with Crippen molar-refractivity contribution in [1.29, 1.82) is 0 Å². The number of nitrogens with one attached hydrogen (secondary N) is 1. The van der Waals surface area contributed by atoms with Crippen LogP contribution >= 0.6 is 0 Å². The number of aliphatic hydroxyl groups is 1. The predicted molar refractivity (Wildman–Crippen MR) is 84.7 cm³/mol. The molecule has 2 aliphatic rings. The van der Waals surface area contributed by atoms with Gasteiger partial charge in [-0.25, -0.2) is 0 Å². The predicted octanol–water partition coefficient (Wildman–Crippen LogP) is 2.99. The first-order chi connectivity index (χ1) is 11.1. The van der Waals surface area contributed by atoms with Gasteiger partial charge in [-0.15, -0.1) is 0 Å². The lowest BCUT2D eigenvalue weighted by Crippen LogP contribution is -2.39. The monoisotopic (exact) mass is 321 g/mol. The summed E-state index contributed by atoms with van der Waals surface area (Å²) in [6.07, 6.45) is 9.38. The first-order valence-corrected chi connectivity index (χ1v) is 8.91. The number of nitrogens with zero attached hydrogens (tertiary/aromatic N) is 2. The van der Waals surface area contributed by atoms with Gasteiger partial charge in [-0.05, 0) is 32.6 Å². The highest BCUT2D eigenvalue weighted by atomic mass is 16.5. The van der Waals surface area contributed by atoms with E-state index in [-0.39, 0.29) is 18.4 Å². The molecule has 2 aliphatic carbocycles. The molecule has 3 rings (SSSR count). The molecule has 1 amide bonds. The highest BCUT2D eigenvalue weighted by Gasteiger charge is 2.32. The van der Waals surface area contributed by atoms with Crippen molar-refractivity contribution in [3.05, 3.63) is 11.7 Å². The Bertz CT molecular complexity index is 531. The second-order valence-corrected chi connectivity index (χ2v) is 7.22. The van der Waals surface area contributed by atoms with E-state index in [1.807, 2.05) is 6.92 Å². The van der Waals surface area contributed by atoms with E-state index in [0.29, 0.717) is 24.7 Å². The van der Waals surface area contributed by atoms with Gasteiger partial charge in [-0.2, -0.15) is 4.98 Å². The largest absolute Gasteiger partial charge is 0.389 e. The smallest absolute Gasteiger partial charge is 0.248 e. The minimum Gasteiger partial charge on any atom is -0.389 e. The lowest BCUT2D eigenvalue weighted by molar-refractivity contribution is -0.128. The van der Waals surface area contributed by atoms with Gasteiger partial charge in [0.2, 0.25) is 11.8 Å². The van der Waals surface area contributed by atoms with Gasteiger partial charge in [0.15, 0.2) is 5.82 Å². The lowest BCUT2D eigenvalue weighted by Gasteiger charge is -2.31. The molecule has 1 aromatic heterocycles. The maximum Gasteiger partial charge on any atom is 0.248 e. The van der Waals surface area contributed by atoms with Crippen LogP contribution in [0.4, 0.5) is 0 Å². The van der Waals surface area contributed by atoms with Crippen LogP contribution in [-0.2, 0) is 4.79 Å². The van der Waals surface area contributed by atoms with Crippen LogP contribution in [0.1, 0.15) is 94.8 Å². The van der Waals surface area contributed by atoms with Crippen LogP contribution in [0.25, 0.3) is 0 Å². The van der Waals surface area contributed by atoms with Crippen molar-refractivity contribution in [2.75, 3.05) is 0 Å². The Morgan fingerprint density at radius 2 is 2.00 bits per heavy atom. The van der Waals surface area contributed by atoms with Crippen LogP contribution < -0.4 is 5.32 Å². The third-order valence-corrected chi connectivity index (χ3v) is 5.20. The molecule has 0 radical (unpaired) electrons. The molecule has 23 heavy (non-hydrogen) atoms. The molecule has 2 N–H and O–H groups in total. The highest BCUT2D eigenvalue weighted by molar-refractivity contribution is 5.77. The molecule has 2 saturated carbocycles. The standard InChI is InChI=1S/C17H27N3O3/c1-12(16-19-15(20-23-16)13-7-3-4-8-13)18-14(21)11-17(22)9-5-2-6-10-17/h12-13,22H,2-11H2,1H3,(H,18,21). The van der Waals surface area contributed by atoms with Crippen molar-refractivity contribution in [1.82, 2.24) is 15.5 Å². The van der Waals surface area contributed by atoms with Crippen molar-refractivity contribution in [3.63, 3.8) is 0 Å². The van der Waals surface area contributed by atoms with Crippen molar-refractivity contribution >= 4 is 5.91 Å². The van der Waals surface area contributed by atoms with Crippen LogP contribution in [-0.4, -0.2) is 26.8 Å². The summed E-state index contributed by atoms with van der Waals surface area (Å²) in [5.74, 6) is 1.47. The summed E-state index contributed by atoms with van der Waals surface area (Å²) in [6.45, 7) is 1.84. The average Bonchev–Trinajstić information content (AvgIpc) is 3.18. The van der Waals surface area contributed by atoms with Gasteiger partial charge >= 0.3 is 0 Å². The summed E-state index contributed by atoms with van der Waals surface area (Å²) in [4.78, 5) is 16.7. The van der Waals surface area contributed by atoms with E-state index in [1.54, 1.807) is 0 Å². The minimum absolute atomic E-state index is 0.150. The van der Waals surface area contributed by atoms with E-state index >= 15 is 0 Å².